The van der Waals surface area contributed by atoms with Crippen LogP contribution in [0.25, 0.3) is 0 Å². The van der Waals surface area contributed by atoms with E-state index in [2.05, 4.69) is 20.5 Å². The molecule has 0 aromatic carbocycles. The molecule has 1 aliphatic heterocycles. The van der Waals surface area contributed by atoms with Crippen LogP contribution in [-0.2, 0) is 4.74 Å². The van der Waals surface area contributed by atoms with Crippen LogP contribution in [0, 0.1) is 13.8 Å². The van der Waals surface area contributed by atoms with Crippen molar-refractivity contribution in [3.8, 4) is 0 Å². The van der Waals surface area contributed by atoms with Crippen LogP contribution in [0.2, 0.25) is 0 Å². The van der Waals surface area contributed by atoms with Crippen LogP contribution in [0.4, 0.5) is 0 Å². The monoisotopic (exact) mass is 343 g/mol. The highest BCUT2D eigenvalue weighted by Gasteiger charge is 2.32. The van der Waals surface area contributed by atoms with Gasteiger partial charge in [-0.3, -0.25) is 19.7 Å². The minimum atomic E-state index is -0.284. The van der Waals surface area contributed by atoms with Crippen LogP contribution in [0.15, 0.2) is 18.3 Å². The molecule has 25 heavy (non-hydrogen) atoms. The Hall–Kier alpha value is -2.74. The SMILES string of the molecule is CNC(=O)c1ccc(C(=O)N2CCOCC2c2c(C)n[nH]c2C)cn1. The third-order valence-electron chi connectivity index (χ3n) is 4.38. The zero-order valence-corrected chi connectivity index (χ0v) is 14.5. The zero-order chi connectivity index (χ0) is 18.0. The van der Waals surface area contributed by atoms with Gasteiger partial charge in [0, 0.05) is 31.0 Å². The summed E-state index contributed by atoms with van der Waals surface area (Å²) in [5, 5.41) is 9.69. The van der Waals surface area contributed by atoms with Crippen molar-refractivity contribution < 1.29 is 14.3 Å². The molecule has 0 saturated carbocycles. The van der Waals surface area contributed by atoms with Crippen molar-refractivity contribution in [3.63, 3.8) is 0 Å². The van der Waals surface area contributed by atoms with Crippen LogP contribution >= 0.6 is 0 Å². The summed E-state index contributed by atoms with van der Waals surface area (Å²) in [4.78, 5) is 30.4. The molecule has 1 unspecified atom stereocenters. The molecule has 1 saturated heterocycles. The van der Waals surface area contributed by atoms with E-state index < -0.39 is 0 Å². The van der Waals surface area contributed by atoms with Gasteiger partial charge in [0.05, 0.1) is 30.5 Å². The van der Waals surface area contributed by atoms with E-state index >= 15 is 0 Å². The maximum absolute atomic E-state index is 13.0. The van der Waals surface area contributed by atoms with Crippen LogP contribution in [-0.4, -0.2) is 58.7 Å². The minimum Gasteiger partial charge on any atom is -0.377 e. The molecule has 2 amide bonds. The quantitative estimate of drug-likeness (QED) is 0.866. The van der Waals surface area contributed by atoms with Crippen molar-refractivity contribution in [2.24, 2.45) is 0 Å². The number of nitrogens with zero attached hydrogens (tertiary/aromatic N) is 3. The Labute approximate surface area is 145 Å². The van der Waals surface area contributed by atoms with Crippen molar-refractivity contribution in [1.82, 2.24) is 25.4 Å². The van der Waals surface area contributed by atoms with Gasteiger partial charge in [-0.25, -0.2) is 0 Å². The van der Waals surface area contributed by atoms with E-state index in [0.29, 0.717) is 25.3 Å². The summed E-state index contributed by atoms with van der Waals surface area (Å²) in [6.07, 6.45) is 1.44. The molecule has 1 aliphatic rings. The lowest BCUT2D eigenvalue weighted by molar-refractivity contribution is -0.00304. The summed E-state index contributed by atoms with van der Waals surface area (Å²) in [6, 6.07) is 2.98. The number of pyridine rings is 1. The van der Waals surface area contributed by atoms with E-state index in [1.54, 1.807) is 17.0 Å². The van der Waals surface area contributed by atoms with Crippen molar-refractivity contribution in [2.75, 3.05) is 26.8 Å². The Morgan fingerprint density at radius 2 is 2.16 bits per heavy atom. The number of nitrogens with one attached hydrogen (secondary N) is 2. The largest absolute Gasteiger partial charge is 0.377 e. The maximum Gasteiger partial charge on any atom is 0.269 e. The number of H-pyrrole nitrogens is 1. The highest BCUT2D eigenvalue weighted by molar-refractivity contribution is 5.96. The number of aromatic nitrogens is 3. The van der Waals surface area contributed by atoms with E-state index in [-0.39, 0.29) is 23.6 Å². The van der Waals surface area contributed by atoms with Gasteiger partial charge >= 0.3 is 0 Å². The average Bonchev–Trinajstić information content (AvgIpc) is 2.99. The zero-order valence-electron chi connectivity index (χ0n) is 14.5. The van der Waals surface area contributed by atoms with Gasteiger partial charge in [0.15, 0.2) is 0 Å². The number of ether oxygens (including phenoxy) is 1. The van der Waals surface area contributed by atoms with Crippen LogP contribution < -0.4 is 5.32 Å². The number of hydrogen-bond acceptors (Lipinski definition) is 5. The van der Waals surface area contributed by atoms with Crippen LogP contribution in [0.5, 0.6) is 0 Å². The average molecular weight is 343 g/mol. The topological polar surface area (TPSA) is 100 Å². The van der Waals surface area contributed by atoms with Gasteiger partial charge in [-0.15, -0.1) is 0 Å². The first-order chi connectivity index (χ1) is 12.0. The van der Waals surface area contributed by atoms with Gasteiger partial charge in [0.2, 0.25) is 0 Å². The molecule has 132 valence electrons. The van der Waals surface area contributed by atoms with E-state index in [4.69, 9.17) is 4.74 Å². The van der Waals surface area contributed by atoms with Gasteiger partial charge in [-0.2, -0.15) is 5.10 Å². The maximum atomic E-state index is 13.0. The fraction of sp³-hybridized carbons (Fsp3) is 0.412. The molecule has 3 heterocycles. The predicted octanol–water partition coefficient (Wildman–Crippen LogP) is 0.995. The summed E-state index contributed by atoms with van der Waals surface area (Å²) in [5.41, 5.74) is 3.50. The Balaban J connectivity index is 1.87. The Kier molecular flexibility index (Phi) is 4.80. The Morgan fingerprint density at radius 1 is 1.36 bits per heavy atom. The molecule has 0 bridgehead atoms. The van der Waals surface area contributed by atoms with Crippen LogP contribution in [0.3, 0.4) is 0 Å². The third-order valence-corrected chi connectivity index (χ3v) is 4.38. The summed E-state index contributed by atoms with van der Waals surface area (Å²) in [5.74, 6) is -0.419. The highest BCUT2D eigenvalue weighted by Crippen LogP contribution is 2.29. The molecule has 2 N–H and O–H groups in total. The number of morpholine rings is 1. The van der Waals surface area contributed by atoms with Crippen molar-refractivity contribution in [2.45, 2.75) is 19.9 Å². The lowest BCUT2D eigenvalue weighted by Gasteiger charge is -2.36. The smallest absolute Gasteiger partial charge is 0.269 e. The fourth-order valence-electron chi connectivity index (χ4n) is 3.09. The number of aromatic amines is 1. The van der Waals surface area contributed by atoms with Crippen molar-refractivity contribution in [3.05, 3.63) is 46.5 Å². The Bertz CT molecular complexity index is 765. The van der Waals surface area contributed by atoms with Crippen molar-refractivity contribution in [1.29, 1.82) is 0 Å². The molecule has 0 spiro atoms. The van der Waals surface area contributed by atoms with Crippen molar-refractivity contribution >= 4 is 11.8 Å². The molecule has 2 aromatic heterocycles. The lowest BCUT2D eigenvalue weighted by atomic mass is 10.0. The van der Waals surface area contributed by atoms with Gasteiger partial charge in [-0.05, 0) is 26.0 Å². The summed E-state index contributed by atoms with van der Waals surface area (Å²) in [7, 11) is 1.54. The Morgan fingerprint density at radius 3 is 2.76 bits per heavy atom. The van der Waals surface area contributed by atoms with E-state index in [1.165, 1.54) is 13.2 Å². The molecule has 8 heteroatoms. The second-order valence-electron chi connectivity index (χ2n) is 5.95. The van der Waals surface area contributed by atoms with Gasteiger partial charge in [0.1, 0.15) is 5.69 Å². The molecule has 1 fully saturated rings. The minimum absolute atomic E-state index is 0.135. The van der Waals surface area contributed by atoms with Gasteiger partial charge in [0.25, 0.3) is 11.8 Å². The van der Waals surface area contributed by atoms with E-state index in [0.717, 1.165) is 17.0 Å². The number of aryl methyl sites for hydroxylation is 2. The first-order valence-electron chi connectivity index (χ1n) is 8.11. The van der Waals surface area contributed by atoms with E-state index in [9.17, 15) is 9.59 Å². The summed E-state index contributed by atoms with van der Waals surface area (Å²) < 4.78 is 5.59. The standard InChI is InChI=1S/C17H21N5O3/c1-10-15(11(2)21-20-10)14-9-25-7-6-22(14)17(24)12-4-5-13(19-8-12)16(23)18-3/h4-5,8,14H,6-7,9H2,1-3H3,(H,18,23)(H,20,21). The lowest BCUT2D eigenvalue weighted by Crippen LogP contribution is -2.43. The van der Waals surface area contributed by atoms with Crippen LogP contribution in [0.1, 0.15) is 43.8 Å². The number of carbonyl (C=O) groups excluding carboxylic acids is 2. The number of hydrogen-bond donors (Lipinski definition) is 2. The first-order valence-corrected chi connectivity index (χ1v) is 8.11. The molecule has 3 rings (SSSR count). The molecule has 8 nitrogen and oxygen atoms in total. The normalized spacial score (nSPS) is 17.4. The van der Waals surface area contributed by atoms with Gasteiger partial charge in [-0.1, -0.05) is 0 Å². The number of rotatable bonds is 3. The molecular formula is C17H21N5O3. The summed E-state index contributed by atoms with van der Waals surface area (Å²) >= 11 is 0. The number of amides is 2. The third kappa shape index (κ3) is 3.25. The molecule has 2 aromatic rings. The predicted molar refractivity (Wildman–Crippen MR) is 90.3 cm³/mol. The molecule has 0 aliphatic carbocycles. The highest BCUT2D eigenvalue weighted by atomic mass is 16.5. The molecule has 0 radical (unpaired) electrons. The molecule has 1 atom stereocenters. The number of carbonyl (C=O) groups is 2. The van der Waals surface area contributed by atoms with E-state index in [1.807, 2.05) is 13.8 Å². The molecular weight excluding hydrogens is 322 g/mol. The second-order valence-corrected chi connectivity index (χ2v) is 5.95. The van der Waals surface area contributed by atoms with Gasteiger partial charge < -0.3 is 15.0 Å². The fourth-order valence-corrected chi connectivity index (χ4v) is 3.09. The first kappa shape index (κ1) is 17.1. The second kappa shape index (κ2) is 7.02. The summed E-state index contributed by atoms with van der Waals surface area (Å²) in [6.45, 7) is 5.26.